The van der Waals surface area contributed by atoms with Gasteiger partial charge in [-0.15, -0.1) is 0 Å². The molecule has 0 saturated carbocycles. The maximum absolute atomic E-state index is 2.41. The summed E-state index contributed by atoms with van der Waals surface area (Å²) in [5, 5.41) is 0. The summed E-state index contributed by atoms with van der Waals surface area (Å²) in [5.74, 6) is 0. The molecule has 0 radical (unpaired) electrons. The topological polar surface area (TPSA) is 25.9 Å². The van der Waals surface area contributed by atoms with Crippen LogP contribution < -0.4 is 55.6 Å². The van der Waals surface area contributed by atoms with E-state index in [0.717, 1.165) is 181 Å². The molecule has 0 aliphatic carbocycles. The molecular weight excluding hydrogens is 1630 g/mol. The Morgan fingerprint density at radius 2 is 0.222 bits per heavy atom. The Morgan fingerprint density at radius 1 is 0.133 bits per heavy atom. The van der Waals surface area contributed by atoms with Gasteiger partial charge in [0.25, 0.3) is 0 Å². The number of hydrogen-bond acceptors (Lipinski definition) is 8. The number of benzene rings is 17. The third-order valence-corrected chi connectivity index (χ3v) is 26.1. The summed E-state index contributed by atoms with van der Waals surface area (Å²) in [5.41, 5.74) is 38.4. The highest BCUT2D eigenvalue weighted by molar-refractivity contribution is 6.33. The highest BCUT2D eigenvalue weighted by Crippen LogP contribution is 2.48. The van der Waals surface area contributed by atoms with Crippen molar-refractivity contribution in [2.75, 3.05) is 39.2 Å². The third kappa shape index (κ3) is 22.3. The SMILES string of the molecule is Bc1ccc(N(c2ccc(B)cc2)c2ccc(N(c3ccc(N(c4ccc(B)cc4)c4ccc(CCCC)cc4)cc3)c3ccc(N(c4ccc(N(c5ccc(C)cc5)c5ccc(N(c6ccc(CCCC)cc6)c6ccc(CCCC)cc6)cc5)cc4)c4ccc(N(c5ccc(C)cc5)c5ccc(N(c6ccc(CCCC)cc6)c6ccc(CCCC)cc6)cc5)cc4)cc3)cc2)cc1. The summed E-state index contributed by atoms with van der Waals surface area (Å²) in [6, 6.07) is 154. The summed E-state index contributed by atoms with van der Waals surface area (Å²) in [6.45, 7) is 15.7. The molecule has 0 heterocycles. The van der Waals surface area contributed by atoms with Crippen LogP contribution >= 0.6 is 0 Å². The second-order valence-corrected chi connectivity index (χ2v) is 36.3. The molecule has 0 amide bonds. The van der Waals surface area contributed by atoms with Crippen molar-refractivity contribution < 1.29 is 0 Å². The van der Waals surface area contributed by atoms with E-state index < -0.39 is 0 Å². The molecule has 11 heteroatoms. The van der Waals surface area contributed by atoms with Crippen LogP contribution in [0.1, 0.15) is 138 Å². The van der Waals surface area contributed by atoms with Gasteiger partial charge in [-0.25, -0.2) is 0 Å². The van der Waals surface area contributed by atoms with Gasteiger partial charge in [0.05, 0.1) is 0 Å². The molecule has 0 N–H and O–H groups in total. The molecule has 0 aromatic heterocycles. The van der Waals surface area contributed by atoms with Crippen LogP contribution in [0.15, 0.2) is 413 Å². The Labute approximate surface area is 806 Å². The molecule has 17 aromatic carbocycles. The van der Waals surface area contributed by atoms with Crippen molar-refractivity contribution in [2.24, 2.45) is 0 Å². The van der Waals surface area contributed by atoms with Crippen molar-refractivity contribution in [2.45, 2.75) is 145 Å². The quantitative estimate of drug-likeness (QED) is 0.0352. The van der Waals surface area contributed by atoms with Gasteiger partial charge >= 0.3 is 0 Å². The van der Waals surface area contributed by atoms with Gasteiger partial charge < -0.3 is 39.2 Å². The van der Waals surface area contributed by atoms with Gasteiger partial charge in [0.15, 0.2) is 0 Å². The number of nitrogens with zero attached hydrogens (tertiary/aromatic N) is 8. The first-order valence-electron chi connectivity index (χ1n) is 49.1. The predicted octanol–water partition coefficient (Wildman–Crippen LogP) is 31.6. The van der Waals surface area contributed by atoms with E-state index in [1.807, 2.05) is 0 Å². The molecule has 0 aliphatic rings. The van der Waals surface area contributed by atoms with Crippen molar-refractivity contribution in [1.82, 2.24) is 0 Å². The Morgan fingerprint density at radius 3 is 0.326 bits per heavy atom. The summed E-state index contributed by atoms with van der Waals surface area (Å²) < 4.78 is 0. The summed E-state index contributed by atoms with van der Waals surface area (Å²) in [7, 11) is 6.46. The molecule has 670 valence electrons. The van der Waals surface area contributed by atoms with E-state index in [1.165, 1.54) is 107 Å². The average molecular weight is 1760 g/mol. The largest absolute Gasteiger partial charge is 0.311 e. The molecular formula is C124H125B3N8. The maximum atomic E-state index is 2.41. The summed E-state index contributed by atoms with van der Waals surface area (Å²) in [4.78, 5) is 19.1. The zero-order chi connectivity index (χ0) is 92.9. The minimum absolute atomic E-state index is 0.995. The summed E-state index contributed by atoms with van der Waals surface area (Å²) in [6.07, 6.45) is 17.0. The van der Waals surface area contributed by atoms with Crippen LogP contribution in [0.5, 0.6) is 0 Å². The molecule has 0 atom stereocenters. The second kappa shape index (κ2) is 44.2. The molecule has 0 saturated heterocycles. The Hall–Kier alpha value is -14.7. The zero-order valence-electron chi connectivity index (χ0n) is 80.4. The Balaban J connectivity index is 0.775. The fourth-order valence-electron chi connectivity index (χ4n) is 18.3. The Bertz CT molecular complexity index is 6200. The summed E-state index contributed by atoms with van der Waals surface area (Å²) >= 11 is 0. The number of unbranched alkanes of at least 4 members (excludes halogenated alkanes) is 5. The van der Waals surface area contributed by atoms with Gasteiger partial charge in [-0.05, 0) is 397 Å². The van der Waals surface area contributed by atoms with Crippen LogP contribution in [0.2, 0.25) is 0 Å². The third-order valence-electron chi connectivity index (χ3n) is 26.1. The fourth-order valence-corrected chi connectivity index (χ4v) is 18.3. The fraction of sp³-hybridized carbons (Fsp3) is 0.177. The minimum atomic E-state index is 0.995. The van der Waals surface area contributed by atoms with Crippen molar-refractivity contribution in [1.29, 1.82) is 0 Å². The monoisotopic (exact) mass is 1760 g/mol. The first kappa shape index (κ1) is 92.2. The van der Waals surface area contributed by atoms with Gasteiger partial charge in [0.1, 0.15) is 23.5 Å². The lowest BCUT2D eigenvalue weighted by Crippen LogP contribution is -2.15. The second-order valence-electron chi connectivity index (χ2n) is 36.3. The Kier molecular flexibility index (Phi) is 30.2. The normalized spacial score (nSPS) is 11.2. The predicted molar refractivity (Wildman–Crippen MR) is 591 cm³/mol. The van der Waals surface area contributed by atoms with E-state index in [9.17, 15) is 0 Å². The van der Waals surface area contributed by atoms with E-state index in [4.69, 9.17) is 0 Å². The van der Waals surface area contributed by atoms with E-state index in [2.05, 4.69) is 524 Å². The first-order chi connectivity index (χ1) is 66.2. The van der Waals surface area contributed by atoms with Crippen molar-refractivity contribution in [3.8, 4) is 0 Å². The van der Waals surface area contributed by atoms with Gasteiger partial charge in [0.2, 0.25) is 0 Å². The highest BCUT2D eigenvalue weighted by atomic mass is 15.2. The van der Waals surface area contributed by atoms with E-state index in [-0.39, 0.29) is 0 Å². The molecule has 17 aromatic rings. The average Bonchev–Trinajstić information content (AvgIpc) is 0.758. The molecule has 17 rings (SSSR count). The van der Waals surface area contributed by atoms with Crippen LogP contribution in [-0.2, 0) is 32.1 Å². The first-order valence-corrected chi connectivity index (χ1v) is 49.1. The van der Waals surface area contributed by atoms with E-state index in [1.54, 1.807) is 0 Å². The van der Waals surface area contributed by atoms with Gasteiger partial charge in [0, 0.05) is 136 Å². The molecule has 0 unspecified atom stereocenters. The van der Waals surface area contributed by atoms with Crippen molar-refractivity contribution >= 4 is 176 Å². The van der Waals surface area contributed by atoms with Crippen molar-refractivity contribution in [3.05, 3.63) is 451 Å². The lowest BCUT2D eigenvalue weighted by Gasteiger charge is -2.31. The standard InChI is InChI=1S/C124H125B3N8/c1-8-13-18-93-27-47-103(48-28-93)130(104-49-29-94(30-50-104)19-14-9-2)115-71-63-111(64-72-115)128(101-43-23-91(6)24-44-101)113-67-79-119(80-68-113)134(120-81-69-114(70-82-120)129(102-45-25-92(7)26-46-102)112-65-73-116(74-66-112)131(105-51-31-95(32-52-105)20-15-10-3)106-53-33-96(34-54-106)21-16-11-4)123-87-89-124(90-88-123)135(122-85-77-118(78-86-122)133(109-59-39-99(126)40-60-109)110-61-41-100(127)42-62-110)121-83-75-117(76-84-121)132(108-57-37-98(125)38-58-108)107-55-35-97(36-56-107)22-17-12-5/h23-90H,8-22,125-127H2,1-7H3. The molecule has 0 spiro atoms. The van der Waals surface area contributed by atoms with Gasteiger partial charge in [-0.3, -0.25) is 0 Å². The van der Waals surface area contributed by atoms with Crippen LogP contribution in [0.4, 0.5) is 136 Å². The van der Waals surface area contributed by atoms with Crippen LogP contribution in [0, 0.1) is 13.8 Å². The molecule has 135 heavy (non-hydrogen) atoms. The molecule has 0 fully saturated rings. The lowest BCUT2D eigenvalue weighted by atomic mass is 9.95. The minimum Gasteiger partial charge on any atom is -0.311 e. The highest BCUT2D eigenvalue weighted by Gasteiger charge is 2.25. The number of anilines is 24. The van der Waals surface area contributed by atoms with Crippen LogP contribution in [0.3, 0.4) is 0 Å². The molecule has 0 aliphatic heterocycles. The zero-order valence-corrected chi connectivity index (χ0v) is 80.4. The van der Waals surface area contributed by atoms with Crippen molar-refractivity contribution in [3.63, 3.8) is 0 Å². The van der Waals surface area contributed by atoms with Crippen LogP contribution in [-0.4, -0.2) is 23.5 Å². The molecule has 0 bridgehead atoms. The number of rotatable bonds is 39. The maximum Gasteiger partial charge on any atom is 0.139 e. The smallest absolute Gasteiger partial charge is 0.139 e. The number of hydrogen-bond donors (Lipinski definition) is 0. The molecule has 8 nitrogen and oxygen atoms in total. The number of aryl methyl sites for hydroxylation is 7. The van der Waals surface area contributed by atoms with Gasteiger partial charge in [-0.2, -0.15) is 0 Å². The lowest BCUT2D eigenvalue weighted by molar-refractivity contribution is 0.795. The van der Waals surface area contributed by atoms with Crippen LogP contribution in [0.25, 0.3) is 0 Å². The van der Waals surface area contributed by atoms with E-state index in [0.29, 0.717) is 0 Å². The van der Waals surface area contributed by atoms with E-state index >= 15 is 0 Å². The van der Waals surface area contributed by atoms with Gasteiger partial charge in [-0.1, -0.05) is 216 Å².